The Kier molecular flexibility index (Phi) is 8.48. The highest BCUT2D eigenvalue weighted by Gasteiger charge is 2.72. The van der Waals surface area contributed by atoms with Crippen LogP contribution in [-0.2, 0) is 19.3 Å². The van der Waals surface area contributed by atoms with Crippen molar-refractivity contribution in [3.8, 4) is 0 Å². The van der Waals surface area contributed by atoms with E-state index in [1.807, 2.05) is 13.8 Å². The number of hydrogen-bond donors (Lipinski definition) is 7. The fourth-order valence-corrected chi connectivity index (χ4v) is 12.0. The van der Waals surface area contributed by atoms with Crippen molar-refractivity contribution in [3.05, 3.63) is 11.6 Å². The molecular formula is C36H58O11. The molecule has 13 atom stereocenters. The van der Waals surface area contributed by atoms with E-state index < -0.39 is 66.0 Å². The van der Waals surface area contributed by atoms with Crippen LogP contribution in [0.1, 0.15) is 106 Å². The second-order valence-corrected chi connectivity index (χ2v) is 18.2. The van der Waals surface area contributed by atoms with Crippen LogP contribution in [0.2, 0.25) is 0 Å². The van der Waals surface area contributed by atoms with Crippen LogP contribution in [0.25, 0.3) is 0 Å². The minimum Gasteiger partial charge on any atom is -0.394 e. The van der Waals surface area contributed by atoms with Crippen LogP contribution < -0.4 is 0 Å². The lowest BCUT2D eigenvalue weighted by Crippen LogP contribution is -2.70. The van der Waals surface area contributed by atoms with E-state index in [0.717, 1.165) is 38.5 Å². The number of carbonyl (C=O) groups excluding carboxylic acids is 1. The number of ether oxygens (including phenoxy) is 1. The van der Waals surface area contributed by atoms with E-state index >= 15 is 0 Å². The molecule has 1 heterocycles. The Labute approximate surface area is 278 Å². The Morgan fingerprint density at radius 2 is 1.53 bits per heavy atom. The lowest BCUT2D eigenvalue weighted by atomic mass is 9.33. The van der Waals surface area contributed by atoms with E-state index in [1.165, 1.54) is 5.57 Å². The Morgan fingerprint density at radius 3 is 2.19 bits per heavy atom. The third kappa shape index (κ3) is 4.81. The fourth-order valence-electron chi connectivity index (χ4n) is 12.0. The molecule has 5 fully saturated rings. The van der Waals surface area contributed by atoms with E-state index in [1.54, 1.807) is 0 Å². The van der Waals surface area contributed by atoms with Crippen molar-refractivity contribution in [2.45, 2.75) is 149 Å². The molecule has 0 radical (unpaired) electrons. The van der Waals surface area contributed by atoms with Crippen molar-refractivity contribution in [1.82, 2.24) is 0 Å². The molecule has 0 aromatic rings. The number of hydrogen-bond acceptors (Lipinski definition) is 11. The molecule has 2 unspecified atom stereocenters. The van der Waals surface area contributed by atoms with Crippen LogP contribution in [0.15, 0.2) is 11.6 Å². The van der Waals surface area contributed by atoms with Gasteiger partial charge in [0.2, 0.25) is 6.29 Å². The summed E-state index contributed by atoms with van der Waals surface area (Å²) in [5.41, 5.74) is -1.23. The number of rotatable bonds is 4. The third-order valence-corrected chi connectivity index (χ3v) is 15.3. The number of aliphatic hydroxyl groups excluding tert-OH is 5. The van der Waals surface area contributed by atoms with Crippen molar-refractivity contribution in [3.63, 3.8) is 0 Å². The first-order chi connectivity index (χ1) is 21.6. The maximum Gasteiger partial charge on any atom is 0.349 e. The lowest BCUT2D eigenvalue weighted by Gasteiger charge is -2.72. The molecule has 47 heavy (non-hydrogen) atoms. The molecule has 0 aromatic carbocycles. The highest BCUT2D eigenvalue weighted by Crippen LogP contribution is 2.76. The summed E-state index contributed by atoms with van der Waals surface area (Å²) in [5.74, 6) is -2.62. The molecular weight excluding hydrogens is 608 g/mol. The van der Waals surface area contributed by atoms with Gasteiger partial charge in [0, 0.05) is 5.41 Å². The van der Waals surface area contributed by atoms with E-state index in [2.05, 4.69) is 40.7 Å². The van der Waals surface area contributed by atoms with Crippen molar-refractivity contribution in [1.29, 1.82) is 0 Å². The van der Waals surface area contributed by atoms with Gasteiger partial charge in [-0.2, -0.15) is 0 Å². The first-order valence-electron chi connectivity index (χ1n) is 17.6. The molecule has 5 aliphatic carbocycles. The third-order valence-electron chi connectivity index (χ3n) is 15.3. The zero-order chi connectivity index (χ0) is 34.8. The summed E-state index contributed by atoms with van der Waals surface area (Å²) >= 11 is 0. The molecule has 4 saturated carbocycles. The number of aliphatic hydroxyl groups is 7. The molecule has 0 spiro atoms. The summed E-state index contributed by atoms with van der Waals surface area (Å²) in [5, 5.41) is 73.6. The zero-order valence-electron chi connectivity index (χ0n) is 29.1. The van der Waals surface area contributed by atoms with Gasteiger partial charge < -0.3 is 40.5 Å². The van der Waals surface area contributed by atoms with Gasteiger partial charge in [0.25, 0.3) is 0 Å². The molecule has 6 aliphatic rings. The SMILES string of the molecule is CC1(C)CC[C@]2(C(=O)OO[C@@H]3O[C@H](CO)[C@@H](O)[C@H](O)[C@H]3O)CC[C@]3(C)C(=CC[C@@H]4[C@@]5(C)CC(O)C(O)(O)C(C)(C)C5CC[C@]43C)[C@H]2C1. The topological polar surface area (TPSA) is 186 Å². The number of carbonyl (C=O) groups is 1. The largest absolute Gasteiger partial charge is 0.394 e. The molecule has 11 heteroatoms. The molecule has 268 valence electrons. The smallest absolute Gasteiger partial charge is 0.349 e. The summed E-state index contributed by atoms with van der Waals surface area (Å²) in [6.45, 7) is 14.6. The first kappa shape index (κ1) is 35.7. The van der Waals surface area contributed by atoms with Crippen LogP contribution in [-0.4, -0.2) is 90.9 Å². The van der Waals surface area contributed by atoms with Gasteiger partial charge in [-0.05, 0) is 97.2 Å². The molecule has 11 nitrogen and oxygen atoms in total. The minimum absolute atomic E-state index is 0.0101. The monoisotopic (exact) mass is 666 g/mol. The summed E-state index contributed by atoms with van der Waals surface area (Å²) < 4.78 is 5.43. The van der Waals surface area contributed by atoms with Gasteiger partial charge >= 0.3 is 5.97 Å². The van der Waals surface area contributed by atoms with Crippen LogP contribution in [0.5, 0.6) is 0 Å². The van der Waals surface area contributed by atoms with Crippen LogP contribution in [0.4, 0.5) is 0 Å². The van der Waals surface area contributed by atoms with Crippen LogP contribution in [0.3, 0.4) is 0 Å². The Hall–Kier alpha value is -1.15. The van der Waals surface area contributed by atoms with Gasteiger partial charge in [0.15, 0.2) is 5.79 Å². The molecule has 0 bridgehead atoms. The highest BCUT2D eigenvalue weighted by atomic mass is 17.2. The Balaban J connectivity index is 1.32. The Morgan fingerprint density at radius 1 is 0.872 bits per heavy atom. The Bertz CT molecular complexity index is 1280. The maximum atomic E-state index is 14.2. The maximum absolute atomic E-state index is 14.2. The van der Waals surface area contributed by atoms with Gasteiger partial charge in [-0.1, -0.05) is 60.1 Å². The standard InChI is InChI=1S/C36H58O11/c1-30(2)12-14-35(29(42)47-46-28-27(41)26(40)25(39)21(18-37)45-28)15-13-33(6)19(20(35)16-30)8-9-23-32(5)17-24(38)36(43,44)31(3,4)22(32)10-11-34(23,33)7/h8,20-28,37-41,43-44H,9-18H2,1-7H3/t20-,21-,22?,23-,24?,25-,26+,27-,28+,32+,33-,34-,35+/m1/s1. The summed E-state index contributed by atoms with van der Waals surface area (Å²) in [6.07, 6.45) is -0.236. The molecule has 1 aliphatic heterocycles. The molecule has 7 N–H and O–H groups in total. The van der Waals surface area contributed by atoms with E-state index in [0.29, 0.717) is 19.3 Å². The summed E-state index contributed by atoms with van der Waals surface area (Å²) in [4.78, 5) is 25.0. The van der Waals surface area contributed by atoms with Gasteiger partial charge in [-0.15, -0.1) is 4.89 Å². The predicted molar refractivity (Wildman–Crippen MR) is 169 cm³/mol. The van der Waals surface area contributed by atoms with Gasteiger partial charge in [0.05, 0.1) is 12.0 Å². The average Bonchev–Trinajstić information content (AvgIpc) is 2.98. The summed E-state index contributed by atoms with van der Waals surface area (Å²) in [7, 11) is 0. The zero-order valence-corrected chi connectivity index (χ0v) is 29.1. The number of allylic oxidation sites excluding steroid dienone is 2. The lowest BCUT2D eigenvalue weighted by molar-refractivity contribution is -0.409. The second kappa shape index (κ2) is 11.2. The predicted octanol–water partition coefficient (Wildman–Crippen LogP) is 2.71. The quantitative estimate of drug-likeness (QED) is 0.101. The van der Waals surface area contributed by atoms with Crippen molar-refractivity contribution in [2.75, 3.05) is 6.61 Å². The molecule has 6 rings (SSSR count). The van der Waals surface area contributed by atoms with Crippen LogP contribution >= 0.6 is 0 Å². The van der Waals surface area contributed by atoms with E-state index in [-0.39, 0.29) is 39.4 Å². The van der Waals surface area contributed by atoms with Gasteiger partial charge in [-0.25, -0.2) is 4.79 Å². The van der Waals surface area contributed by atoms with E-state index in [9.17, 15) is 40.5 Å². The van der Waals surface area contributed by atoms with Crippen LogP contribution in [0, 0.1) is 50.2 Å². The van der Waals surface area contributed by atoms with Crippen molar-refractivity contribution in [2.24, 2.45) is 50.2 Å². The van der Waals surface area contributed by atoms with Gasteiger partial charge in [0.1, 0.15) is 30.5 Å². The average molecular weight is 667 g/mol. The minimum atomic E-state index is -2.17. The summed E-state index contributed by atoms with van der Waals surface area (Å²) in [6, 6.07) is 0. The molecule has 0 amide bonds. The van der Waals surface area contributed by atoms with E-state index in [4.69, 9.17) is 14.5 Å². The highest BCUT2D eigenvalue weighted by molar-refractivity contribution is 5.78. The second-order valence-electron chi connectivity index (χ2n) is 18.2. The normalized spacial score (nSPS) is 51.4. The van der Waals surface area contributed by atoms with Crippen molar-refractivity contribution < 1.29 is 55.1 Å². The van der Waals surface area contributed by atoms with Crippen molar-refractivity contribution >= 4 is 5.97 Å². The first-order valence-corrected chi connectivity index (χ1v) is 17.6. The molecule has 0 aromatic heterocycles. The number of fused-ring (bicyclic) bond motifs is 7. The van der Waals surface area contributed by atoms with Gasteiger partial charge in [-0.3, -0.25) is 4.89 Å². The fraction of sp³-hybridized carbons (Fsp3) is 0.917. The molecule has 1 saturated heterocycles.